The molecule has 0 bridgehead atoms. The normalized spacial score (nSPS) is 25.1. The first-order chi connectivity index (χ1) is 13.4. The van der Waals surface area contributed by atoms with Crippen molar-refractivity contribution in [3.63, 3.8) is 0 Å². The summed E-state index contributed by atoms with van der Waals surface area (Å²) in [6, 6.07) is -0.161. The Bertz CT molecular complexity index is 1080. The van der Waals surface area contributed by atoms with E-state index < -0.39 is 5.92 Å². The highest BCUT2D eigenvalue weighted by molar-refractivity contribution is 5.73. The van der Waals surface area contributed by atoms with E-state index in [0.29, 0.717) is 35.6 Å². The Balaban J connectivity index is 1.49. The summed E-state index contributed by atoms with van der Waals surface area (Å²) in [7, 11) is 0. The highest BCUT2D eigenvalue weighted by atomic mass is 19.3. The number of fused-ring (bicyclic) bond motifs is 1. The summed E-state index contributed by atoms with van der Waals surface area (Å²) in [6.45, 7) is 1.87. The van der Waals surface area contributed by atoms with Gasteiger partial charge in [0.2, 0.25) is 5.92 Å². The van der Waals surface area contributed by atoms with E-state index >= 15 is 0 Å². The number of hydrogen-bond donors (Lipinski definition) is 1. The summed E-state index contributed by atoms with van der Waals surface area (Å²) < 4.78 is 34.2. The number of rotatable bonds is 3. The van der Waals surface area contributed by atoms with Crippen LogP contribution in [0.2, 0.25) is 0 Å². The van der Waals surface area contributed by atoms with E-state index in [1.807, 2.05) is 6.92 Å². The van der Waals surface area contributed by atoms with Crippen LogP contribution in [0.1, 0.15) is 73.8 Å². The lowest BCUT2D eigenvalue weighted by molar-refractivity contribution is -0.0446. The van der Waals surface area contributed by atoms with Crippen LogP contribution in [0, 0.1) is 6.92 Å². The molecule has 3 aromatic heterocycles. The van der Waals surface area contributed by atoms with Crippen molar-refractivity contribution < 1.29 is 13.2 Å². The second-order valence-corrected chi connectivity index (χ2v) is 7.98. The van der Waals surface area contributed by atoms with Crippen molar-refractivity contribution in [2.24, 2.45) is 0 Å². The van der Waals surface area contributed by atoms with Crippen LogP contribution in [0.25, 0.3) is 11.0 Å². The molecule has 2 aliphatic rings. The Morgan fingerprint density at radius 2 is 1.93 bits per heavy atom. The molecule has 2 saturated carbocycles. The van der Waals surface area contributed by atoms with Gasteiger partial charge in [0.25, 0.3) is 5.56 Å². The maximum Gasteiger partial charge on any atom is 0.262 e. The standard InChI is InChI=1S/C19H21F2N5O2/c1-10-9-28-18(23-10)13-3-2-12(13)15-24-16-14(17(27)25-15)8-22-26(16)11-4-6-19(20,21)7-5-11/h8-9,11-13H,2-7H2,1H3,(H,24,25,27). The predicted octanol–water partition coefficient (Wildman–Crippen LogP) is 3.83. The Kier molecular flexibility index (Phi) is 3.89. The average molecular weight is 389 g/mol. The summed E-state index contributed by atoms with van der Waals surface area (Å²) >= 11 is 0. The Morgan fingerprint density at radius 3 is 2.57 bits per heavy atom. The first-order valence-corrected chi connectivity index (χ1v) is 9.68. The van der Waals surface area contributed by atoms with Crippen molar-refractivity contribution in [2.45, 2.75) is 69.2 Å². The minimum absolute atomic E-state index is 0.0224. The van der Waals surface area contributed by atoms with Crippen molar-refractivity contribution in [3.05, 3.63) is 40.2 Å². The van der Waals surface area contributed by atoms with Crippen LogP contribution in [-0.4, -0.2) is 30.7 Å². The van der Waals surface area contributed by atoms with E-state index in [4.69, 9.17) is 9.40 Å². The Morgan fingerprint density at radius 1 is 1.18 bits per heavy atom. The van der Waals surface area contributed by atoms with Gasteiger partial charge in [0, 0.05) is 24.7 Å². The molecule has 2 aliphatic carbocycles. The summed E-state index contributed by atoms with van der Waals surface area (Å²) in [4.78, 5) is 24.6. The summed E-state index contributed by atoms with van der Waals surface area (Å²) in [5.74, 6) is -1.25. The van der Waals surface area contributed by atoms with E-state index in [-0.39, 0.29) is 36.3 Å². The van der Waals surface area contributed by atoms with Crippen LogP contribution in [0.3, 0.4) is 0 Å². The van der Waals surface area contributed by atoms with E-state index in [9.17, 15) is 13.6 Å². The quantitative estimate of drug-likeness (QED) is 0.735. The van der Waals surface area contributed by atoms with Gasteiger partial charge in [-0.05, 0) is 32.6 Å². The lowest BCUT2D eigenvalue weighted by atomic mass is 9.73. The number of hydrogen-bond acceptors (Lipinski definition) is 5. The molecule has 2 unspecified atom stereocenters. The molecule has 0 amide bonds. The second-order valence-electron chi connectivity index (χ2n) is 7.98. The van der Waals surface area contributed by atoms with Gasteiger partial charge in [0.15, 0.2) is 11.5 Å². The van der Waals surface area contributed by atoms with Gasteiger partial charge in [-0.1, -0.05) is 0 Å². The molecule has 1 N–H and O–H groups in total. The van der Waals surface area contributed by atoms with Crippen LogP contribution >= 0.6 is 0 Å². The molecular weight excluding hydrogens is 368 g/mol. The smallest absolute Gasteiger partial charge is 0.262 e. The molecule has 0 spiro atoms. The van der Waals surface area contributed by atoms with Crippen LogP contribution in [0.4, 0.5) is 8.78 Å². The van der Waals surface area contributed by atoms with Crippen molar-refractivity contribution in [3.8, 4) is 0 Å². The molecule has 7 nitrogen and oxygen atoms in total. The maximum absolute atomic E-state index is 13.5. The van der Waals surface area contributed by atoms with Crippen molar-refractivity contribution >= 4 is 11.0 Å². The van der Waals surface area contributed by atoms with Gasteiger partial charge >= 0.3 is 0 Å². The second kappa shape index (κ2) is 6.22. The number of aromatic amines is 1. The molecule has 28 heavy (non-hydrogen) atoms. The number of halogens is 2. The summed E-state index contributed by atoms with van der Waals surface area (Å²) in [5.41, 5.74) is 1.05. The third-order valence-electron chi connectivity index (χ3n) is 6.09. The SMILES string of the molecule is Cc1coc(C2CCC2c2nc3c(cnn3C3CCC(F)(F)CC3)c(=O)[nH]2)n1. The predicted molar refractivity (Wildman–Crippen MR) is 96.6 cm³/mol. The van der Waals surface area contributed by atoms with Crippen LogP contribution in [-0.2, 0) is 0 Å². The Hall–Kier alpha value is -2.58. The molecule has 9 heteroatoms. The van der Waals surface area contributed by atoms with Crippen LogP contribution in [0.15, 0.2) is 21.7 Å². The lowest BCUT2D eigenvalue weighted by Gasteiger charge is -2.33. The monoisotopic (exact) mass is 389 g/mol. The molecule has 3 heterocycles. The fourth-order valence-electron chi connectivity index (χ4n) is 4.33. The average Bonchev–Trinajstić information content (AvgIpc) is 3.21. The molecule has 148 valence electrons. The van der Waals surface area contributed by atoms with Crippen LogP contribution in [0.5, 0.6) is 0 Å². The first kappa shape index (κ1) is 17.5. The van der Waals surface area contributed by atoms with Gasteiger partial charge in [0.05, 0.1) is 17.9 Å². The minimum Gasteiger partial charge on any atom is -0.448 e. The van der Waals surface area contributed by atoms with Gasteiger partial charge in [-0.15, -0.1) is 0 Å². The molecule has 3 aromatic rings. The molecule has 0 aliphatic heterocycles. The third-order valence-corrected chi connectivity index (χ3v) is 6.09. The van der Waals surface area contributed by atoms with E-state index in [2.05, 4.69) is 15.1 Å². The highest BCUT2D eigenvalue weighted by Gasteiger charge is 2.39. The van der Waals surface area contributed by atoms with Crippen LogP contribution < -0.4 is 5.56 Å². The largest absolute Gasteiger partial charge is 0.448 e. The number of alkyl halides is 2. The summed E-state index contributed by atoms with van der Waals surface area (Å²) in [6.07, 6.45) is 5.23. The zero-order valence-corrected chi connectivity index (χ0v) is 15.5. The Labute approximate surface area is 159 Å². The highest BCUT2D eigenvalue weighted by Crippen LogP contribution is 2.47. The van der Waals surface area contributed by atoms with Gasteiger partial charge < -0.3 is 9.40 Å². The van der Waals surface area contributed by atoms with Gasteiger partial charge in [-0.25, -0.2) is 23.4 Å². The number of aryl methyl sites for hydroxylation is 1. The molecule has 5 rings (SSSR count). The van der Waals surface area contributed by atoms with E-state index in [1.165, 1.54) is 6.20 Å². The first-order valence-electron chi connectivity index (χ1n) is 9.68. The van der Waals surface area contributed by atoms with Crippen molar-refractivity contribution in [2.75, 3.05) is 0 Å². The zero-order chi connectivity index (χ0) is 19.5. The summed E-state index contributed by atoms with van der Waals surface area (Å²) in [5, 5.41) is 4.70. The molecular formula is C19H21F2N5O2. The zero-order valence-electron chi connectivity index (χ0n) is 15.5. The fraction of sp³-hybridized carbons (Fsp3) is 0.579. The van der Waals surface area contributed by atoms with Gasteiger partial charge in [-0.2, -0.15) is 5.10 Å². The molecule has 0 aromatic carbocycles. The molecule has 0 radical (unpaired) electrons. The topological polar surface area (TPSA) is 89.6 Å². The fourth-order valence-corrected chi connectivity index (χ4v) is 4.33. The van der Waals surface area contributed by atoms with Gasteiger partial charge in [0.1, 0.15) is 17.5 Å². The number of oxazole rings is 1. The number of H-pyrrole nitrogens is 1. The number of nitrogens with zero attached hydrogens (tertiary/aromatic N) is 4. The van der Waals surface area contributed by atoms with E-state index in [1.54, 1.807) is 10.9 Å². The maximum atomic E-state index is 13.5. The van der Waals surface area contributed by atoms with Crippen molar-refractivity contribution in [1.29, 1.82) is 0 Å². The molecule has 2 fully saturated rings. The molecule has 2 atom stereocenters. The van der Waals surface area contributed by atoms with Crippen molar-refractivity contribution in [1.82, 2.24) is 24.7 Å². The number of nitrogens with one attached hydrogen (secondary N) is 1. The third kappa shape index (κ3) is 2.84. The minimum atomic E-state index is -2.61. The number of aromatic nitrogens is 5. The van der Waals surface area contributed by atoms with Gasteiger partial charge in [-0.3, -0.25) is 4.79 Å². The lowest BCUT2D eigenvalue weighted by Crippen LogP contribution is -2.28. The molecule has 0 saturated heterocycles. The van der Waals surface area contributed by atoms with E-state index in [0.717, 1.165) is 18.5 Å².